The van der Waals surface area contributed by atoms with E-state index in [1.54, 1.807) is 18.2 Å². The SMILES string of the molecule is O=C(O)CNC(=O)CNC(=O)Nc1ccc(Br)cc1Br. The number of urea groups is 1. The maximum Gasteiger partial charge on any atom is 0.322 e. The average Bonchev–Trinajstić information content (AvgIpc) is 2.37. The number of halogens is 2. The number of carboxylic acid groups (broad SMARTS) is 1. The fraction of sp³-hybridized carbons (Fsp3) is 0.182. The van der Waals surface area contributed by atoms with Crippen molar-refractivity contribution in [2.24, 2.45) is 0 Å². The Labute approximate surface area is 131 Å². The molecule has 0 aliphatic rings. The molecule has 108 valence electrons. The van der Waals surface area contributed by atoms with E-state index < -0.39 is 24.5 Å². The third-order valence-corrected chi connectivity index (χ3v) is 3.17. The highest BCUT2D eigenvalue weighted by Gasteiger charge is 2.08. The largest absolute Gasteiger partial charge is 0.480 e. The van der Waals surface area contributed by atoms with Gasteiger partial charge in [0.25, 0.3) is 0 Å². The van der Waals surface area contributed by atoms with Gasteiger partial charge in [0.15, 0.2) is 0 Å². The van der Waals surface area contributed by atoms with E-state index >= 15 is 0 Å². The molecule has 0 heterocycles. The molecule has 1 aromatic carbocycles. The molecule has 9 heteroatoms. The maximum atomic E-state index is 11.5. The van der Waals surface area contributed by atoms with Gasteiger partial charge in [0.2, 0.25) is 5.91 Å². The number of hydrogen-bond acceptors (Lipinski definition) is 3. The summed E-state index contributed by atoms with van der Waals surface area (Å²) in [5.74, 6) is -1.74. The van der Waals surface area contributed by atoms with Crippen molar-refractivity contribution in [3.8, 4) is 0 Å². The second-order valence-corrected chi connectivity index (χ2v) is 5.37. The Morgan fingerprint density at radius 3 is 2.40 bits per heavy atom. The Balaban J connectivity index is 2.40. The molecule has 0 radical (unpaired) electrons. The predicted octanol–water partition coefficient (Wildman–Crippen LogP) is 1.53. The number of carbonyl (C=O) groups is 3. The van der Waals surface area contributed by atoms with Crippen LogP contribution in [0.1, 0.15) is 0 Å². The molecule has 7 nitrogen and oxygen atoms in total. The van der Waals surface area contributed by atoms with E-state index in [1.165, 1.54) is 0 Å². The van der Waals surface area contributed by atoms with Crippen LogP contribution in [0.3, 0.4) is 0 Å². The lowest BCUT2D eigenvalue weighted by Gasteiger charge is -2.09. The van der Waals surface area contributed by atoms with E-state index in [9.17, 15) is 14.4 Å². The predicted molar refractivity (Wildman–Crippen MR) is 79.5 cm³/mol. The number of amides is 3. The molecule has 1 rings (SSSR count). The molecule has 0 saturated heterocycles. The summed E-state index contributed by atoms with van der Waals surface area (Å²) < 4.78 is 1.53. The van der Waals surface area contributed by atoms with Crippen LogP contribution in [0.15, 0.2) is 27.1 Å². The van der Waals surface area contributed by atoms with Gasteiger partial charge < -0.3 is 21.1 Å². The molecule has 0 aromatic heterocycles. The third-order valence-electron chi connectivity index (χ3n) is 2.03. The number of anilines is 1. The summed E-state index contributed by atoms with van der Waals surface area (Å²) in [6.07, 6.45) is 0. The Hall–Kier alpha value is -1.61. The van der Waals surface area contributed by atoms with Crippen LogP contribution in [0.5, 0.6) is 0 Å². The van der Waals surface area contributed by atoms with Gasteiger partial charge in [-0.05, 0) is 34.1 Å². The highest BCUT2D eigenvalue weighted by atomic mass is 79.9. The van der Waals surface area contributed by atoms with Crippen molar-refractivity contribution in [1.82, 2.24) is 10.6 Å². The third kappa shape index (κ3) is 6.02. The van der Waals surface area contributed by atoms with Gasteiger partial charge >= 0.3 is 12.0 Å². The summed E-state index contributed by atoms with van der Waals surface area (Å²) in [4.78, 5) is 32.9. The molecule has 0 bridgehead atoms. The van der Waals surface area contributed by atoms with Gasteiger partial charge in [-0.15, -0.1) is 0 Å². The molecular weight excluding hydrogens is 398 g/mol. The van der Waals surface area contributed by atoms with Crippen molar-refractivity contribution in [2.75, 3.05) is 18.4 Å². The summed E-state index contributed by atoms with van der Waals surface area (Å²) in [6, 6.07) is 4.62. The summed E-state index contributed by atoms with van der Waals surface area (Å²) in [5.41, 5.74) is 0.539. The van der Waals surface area contributed by atoms with Crippen molar-refractivity contribution in [3.63, 3.8) is 0 Å². The second kappa shape index (κ2) is 7.85. The number of benzene rings is 1. The van der Waals surface area contributed by atoms with Gasteiger partial charge in [0, 0.05) is 8.95 Å². The number of hydrogen-bond donors (Lipinski definition) is 4. The van der Waals surface area contributed by atoms with Crippen LogP contribution >= 0.6 is 31.9 Å². The molecule has 0 aliphatic heterocycles. The Morgan fingerprint density at radius 2 is 1.80 bits per heavy atom. The topological polar surface area (TPSA) is 108 Å². The van der Waals surface area contributed by atoms with Crippen molar-refractivity contribution in [3.05, 3.63) is 27.1 Å². The number of aliphatic carboxylic acids is 1. The summed E-state index contributed by atoms with van der Waals surface area (Å²) in [7, 11) is 0. The highest BCUT2D eigenvalue weighted by molar-refractivity contribution is 9.11. The first-order chi connectivity index (χ1) is 9.38. The van der Waals surface area contributed by atoms with Crippen molar-refractivity contribution < 1.29 is 19.5 Å². The van der Waals surface area contributed by atoms with E-state index in [0.29, 0.717) is 10.2 Å². The quantitative estimate of drug-likeness (QED) is 0.592. The Bertz CT molecular complexity index is 536. The van der Waals surface area contributed by atoms with Crippen LogP contribution in [-0.4, -0.2) is 36.1 Å². The van der Waals surface area contributed by atoms with Gasteiger partial charge in [0.05, 0.1) is 12.2 Å². The van der Waals surface area contributed by atoms with Gasteiger partial charge in [-0.1, -0.05) is 15.9 Å². The smallest absolute Gasteiger partial charge is 0.322 e. The molecule has 20 heavy (non-hydrogen) atoms. The van der Waals surface area contributed by atoms with Gasteiger partial charge in [-0.25, -0.2) is 4.79 Å². The van der Waals surface area contributed by atoms with Crippen LogP contribution in [0.4, 0.5) is 10.5 Å². The summed E-state index contributed by atoms with van der Waals surface area (Å²) in [5, 5.41) is 15.3. The number of carbonyl (C=O) groups excluding carboxylic acids is 2. The zero-order chi connectivity index (χ0) is 15.1. The summed E-state index contributed by atoms with van der Waals surface area (Å²) in [6.45, 7) is -0.798. The fourth-order valence-electron chi connectivity index (χ4n) is 1.15. The number of nitrogens with one attached hydrogen (secondary N) is 3. The minimum Gasteiger partial charge on any atom is -0.480 e. The average molecular weight is 409 g/mol. The van der Waals surface area contributed by atoms with Crippen LogP contribution in [-0.2, 0) is 9.59 Å². The van der Waals surface area contributed by atoms with Crippen LogP contribution in [0.2, 0.25) is 0 Å². The van der Waals surface area contributed by atoms with Crippen LogP contribution in [0, 0.1) is 0 Å². The maximum absolute atomic E-state index is 11.5. The van der Waals surface area contributed by atoms with Crippen molar-refractivity contribution >= 4 is 55.5 Å². The Kier molecular flexibility index (Phi) is 6.46. The lowest BCUT2D eigenvalue weighted by Crippen LogP contribution is -2.40. The first kappa shape index (κ1) is 16.4. The normalized spacial score (nSPS) is 9.70. The molecule has 0 unspecified atom stereocenters. The zero-order valence-corrected chi connectivity index (χ0v) is 13.2. The van der Waals surface area contributed by atoms with Crippen molar-refractivity contribution in [1.29, 1.82) is 0 Å². The standard InChI is InChI=1S/C11H11Br2N3O4/c12-6-1-2-8(7(13)3-6)16-11(20)15-4-9(17)14-5-10(18)19/h1-3H,4-5H2,(H,14,17)(H,18,19)(H2,15,16,20). The minimum atomic E-state index is -1.15. The molecule has 3 amide bonds. The van der Waals surface area contributed by atoms with E-state index in [-0.39, 0.29) is 6.54 Å². The molecule has 4 N–H and O–H groups in total. The van der Waals surface area contributed by atoms with Crippen molar-refractivity contribution in [2.45, 2.75) is 0 Å². The van der Waals surface area contributed by atoms with Gasteiger partial charge in [0.1, 0.15) is 6.54 Å². The molecule has 0 saturated carbocycles. The van der Waals surface area contributed by atoms with Gasteiger partial charge in [-0.2, -0.15) is 0 Å². The molecule has 0 aliphatic carbocycles. The number of carboxylic acids is 1. The van der Waals surface area contributed by atoms with E-state index in [4.69, 9.17) is 5.11 Å². The fourth-order valence-corrected chi connectivity index (χ4v) is 2.30. The first-order valence-corrected chi connectivity index (χ1v) is 6.95. The van der Waals surface area contributed by atoms with Crippen LogP contribution < -0.4 is 16.0 Å². The monoisotopic (exact) mass is 407 g/mol. The molecule has 0 atom stereocenters. The molecule has 0 fully saturated rings. The molecular formula is C11H11Br2N3O4. The number of rotatable bonds is 5. The second-order valence-electron chi connectivity index (χ2n) is 3.60. The van der Waals surface area contributed by atoms with E-state index in [0.717, 1.165) is 4.47 Å². The Morgan fingerprint density at radius 1 is 1.10 bits per heavy atom. The lowest BCUT2D eigenvalue weighted by molar-refractivity contribution is -0.137. The van der Waals surface area contributed by atoms with Gasteiger partial charge in [-0.3, -0.25) is 9.59 Å². The van der Waals surface area contributed by atoms with Crippen LogP contribution in [0.25, 0.3) is 0 Å². The summed E-state index contributed by atoms with van der Waals surface area (Å²) >= 11 is 6.56. The zero-order valence-electron chi connectivity index (χ0n) is 10.1. The van der Waals surface area contributed by atoms with E-state index in [1.807, 2.05) is 0 Å². The lowest BCUT2D eigenvalue weighted by atomic mass is 10.3. The minimum absolute atomic E-state index is 0.312. The van der Waals surface area contributed by atoms with E-state index in [2.05, 4.69) is 47.8 Å². The first-order valence-electron chi connectivity index (χ1n) is 5.37. The highest BCUT2D eigenvalue weighted by Crippen LogP contribution is 2.25. The molecule has 1 aromatic rings. The molecule has 0 spiro atoms.